The smallest absolute Gasteiger partial charge is 0.262 e. The highest BCUT2D eigenvalue weighted by atomic mass is 32.2. The van der Waals surface area contributed by atoms with Gasteiger partial charge in [0.25, 0.3) is 11.8 Å². The van der Waals surface area contributed by atoms with Crippen LogP contribution in [0.15, 0.2) is 53.4 Å². The third-order valence-electron chi connectivity index (χ3n) is 4.26. The zero-order valence-electron chi connectivity index (χ0n) is 17.7. The number of aryl methyl sites for hydroxylation is 1. The molecule has 2 N–H and O–H groups in total. The molecule has 2 aromatic carbocycles. The summed E-state index contributed by atoms with van der Waals surface area (Å²) in [6.07, 6.45) is 2.74. The molecule has 0 radical (unpaired) electrons. The molecule has 0 unspecified atom stereocenters. The number of nitrogens with one attached hydrogen (secondary N) is 2. The first-order chi connectivity index (χ1) is 14.7. The Labute approximate surface area is 181 Å². The van der Waals surface area contributed by atoms with E-state index in [2.05, 4.69) is 10.9 Å². The standard InChI is InChI=1S/C21H25N3O6S/c1-15-5-9-17(10-6-15)31(27,28)24(2)14-21(26)23-22-20(25)12-8-16-7-11-18(29-3)19(13-16)30-4/h5-13H,14H2,1-4H3,(H,22,25)(H,23,26)/b12-8+. The quantitative estimate of drug-likeness (QED) is 0.468. The number of rotatable bonds is 8. The summed E-state index contributed by atoms with van der Waals surface area (Å²) in [7, 11) is 0.485. The topological polar surface area (TPSA) is 114 Å². The molecule has 0 heterocycles. The normalized spacial score (nSPS) is 11.4. The Morgan fingerprint density at radius 3 is 2.26 bits per heavy atom. The van der Waals surface area contributed by atoms with Crippen LogP contribution in [-0.4, -0.2) is 52.3 Å². The van der Waals surface area contributed by atoms with Crippen LogP contribution >= 0.6 is 0 Å². The molecule has 0 atom stereocenters. The van der Waals surface area contributed by atoms with Gasteiger partial charge in [-0.1, -0.05) is 23.8 Å². The minimum absolute atomic E-state index is 0.0790. The van der Waals surface area contributed by atoms with Crippen molar-refractivity contribution in [3.05, 3.63) is 59.7 Å². The van der Waals surface area contributed by atoms with Crippen molar-refractivity contribution in [2.24, 2.45) is 0 Å². The van der Waals surface area contributed by atoms with E-state index in [-0.39, 0.29) is 4.90 Å². The summed E-state index contributed by atoms with van der Waals surface area (Å²) in [6.45, 7) is 1.38. The summed E-state index contributed by atoms with van der Waals surface area (Å²) in [4.78, 5) is 24.0. The lowest BCUT2D eigenvalue weighted by atomic mass is 10.2. The second-order valence-corrected chi connectivity index (χ2v) is 8.60. The third-order valence-corrected chi connectivity index (χ3v) is 6.07. The van der Waals surface area contributed by atoms with E-state index in [1.165, 1.54) is 45.6 Å². The van der Waals surface area contributed by atoms with Crippen molar-refractivity contribution in [1.82, 2.24) is 15.2 Å². The summed E-state index contributed by atoms with van der Waals surface area (Å²) >= 11 is 0. The maximum Gasteiger partial charge on any atom is 0.262 e. The molecule has 2 amide bonds. The molecule has 0 aliphatic carbocycles. The molecule has 31 heavy (non-hydrogen) atoms. The number of hydrogen-bond donors (Lipinski definition) is 2. The second kappa shape index (κ2) is 10.6. The SMILES string of the molecule is COc1ccc(/C=C/C(=O)NNC(=O)CN(C)S(=O)(=O)c2ccc(C)cc2)cc1OC. The van der Waals surface area contributed by atoms with Gasteiger partial charge >= 0.3 is 0 Å². The number of nitrogens with zero attached hydrogens (tertiary/aromatic N) is 1. The zero-order chi connectivity index (χ0) is 23.0. The van der Waals surface area contributed by atoms with Gasteiger partial charge in [-0.3, -0.25) is 20.4 Å². The Hall–Kier alpha value is -3.37. The van der Waals surface area contributed by atoms with Gasteiger partial charge in [-0.2, -0.15) is 4.31 Å². The third kappa shape index (κ3) is 6.56. The van der Waals surface area contributed by atoms with E-state index in [0.29, 0.717) is 17.1 Å². The first-order valence-corrected chi connectivity index (χ1v) is 10.6. The van der Waals surface area contributed by atoms with Crippen LogP contribution in [0.3, 0.4) is 0 Å². The average molecular weight is 448 g/mol. The van der Waals surface area contributed by atoms with Crippen molar-refractivity contribution in [2.75, 3.05) is 27.8 Å². The molecule has 9 nitrogen and oxygen atoms in total. The van der Waals surface area contributed by atoms with E-state index in [9.17, 15) is 18.0 Å². The lowest BCUT2D eigenvalue weighted by Crippen LogP contribution is -2.46. The van der Waals surface area contributed by atoms with E-state index in [1.807, 2.05) is 6.92 Å². The minimum atomic E-state index is -3.82. The van der Waals surface area contributed by atoms with Crippen molar-refractivity contribution in [3.8, 4) is 11.5 Å². The number of methoxy groups -OCH3 is 2. The van der Waals surface area contributed by atoms with Crippen LogP contribution in [0.1, 0.15) is 11.1 Å². The van der Waals surface area contributed by atoms with Crippen molar-refractivity contribution < 1.29 is 27.5 Å². The number of hydrogen-bond acceptors (Lipinski definition) is 6. The van der Waals surface area contributed by atoms with E-state index >= 15 is 0 Å². The van der Waals surface area contributed by atoms with Gasteiger partial charge in [0.05, 0.1) is 25.7 Å². The van der Waals surface area contributed by atoms with Crippen LogP contribution in [0.5, 0.6) is 11.5 Å². The van der Waals surface area contributed by atoms with Crippen molar-refractivity contribution >= 4 is 27.9 Å². The monoisotopic (exact) mass is 447 g/mol. The Kier molecular flexibility index (Phi) is 8.17. The first-order valence-electron chi connectivity index (χ1n) is 9.19. The summed E-state index contributed by atoms with van der Waals surface area (Å²) < 4.78 is 36.2. The minimum Gasteiger partial charge on any atom is -0.493 e. The molecule has 0 saturated heterocycles. The van der Waals surface area contributed by atoms with Gasteiger partial charge in [0.15, 0.2) is 11.5 Å². The number of hydrazine groups is 1. The number of amides is 2. The Balaban J connectivity index is 1.89. The van der Waals surface area contributed by atoms with Gasteiger partial charge in [0, 0.05) is 13.1 Å². The molecule has 166 valence electrons. The highest BCUT2D eigenvalue weighted by Crippen LogP contribution is 2.27. The van der Waals surface area contributed by atoms with Crippen LogP contribution in [0.2, 0.25) is 0 Å². The first kappa shape index (κ1) is 23.9. The molecular formula is C21H25N3O6S. The van der Waals surface area contributed by atoms with Gasteiger partial charge < -0.3 is 9.47 Å². The summed E-state index contributed by atoms with van der Waals surface area (Å²) in [5.41, 5.74) is 5.99. The Morgan fingerprint density at radius 2 is 1.65 bits per heavy atom. The summed E-state index contributed by atoms with van der Waals surface area (Å²) in [5, 5.41) is 0. The molecule has 2 rings (SSSR count). The zero-order valence-corrected chi connectivity index (χ0v) is 18.5. The van der Waals surface area contributed by atoms with E-state index in [1.54, 1.807) is 30.3 Å². The van der Waals surface area contributed by atoms with Crippen LogP contribution in [0, 0.1) is 6.92 Å². The fourth-order valence-electron chi connectivity index (χ4n) is 2.52. The summed E-state index contributed by atoms with van der Waals surface area (Å²) in [5.74, 6) is -0.213. The number of sulfonamides is 1. The highest BCUT2D eigenvalue weighted by molar-refractivity contribution is 7.89. The number of carbonyl (C=O) groups excluding carboxylic acids is 2. The molecule has 0 saturated carbocycles. The predicted octanol–water partition coefficient (Wildman–Crippen LogP) is 1.49. The number of carbonyl (C=O) groups is 2. The molecule has 2 aromatic rings. The Morgan fingerprint density at radius 1 is 1.00 bits per heavy atom. The lowest BCUT2D eigenvalue weighted by molar-refractivity contribution is -0.126. The Bertz CT molecular complexity index is 1070. The fraction of sp³-hybridized carbons (Fsp3) is 0.238. The average Bonchev–Trinajstić information content (AvgIpc) is 2.76. The molecule has 0 spiro atoms. The van der Waals surface area contributed by atoms with Crippen molar-refractivity contribution in [2.45, 2.75) is 11.8 Å². The van der Waals surface area contributed by atoms with E-state index < -0.39 is 28.4 Å². The van der Waals surface area contributed by atoms with Gasteiger partial charge in [0.2, 0.25) is 10.0 Å². The van der Waals surface area contributed by atoms with Gasteiger partial charge in [-0.25, -0.2) is 8.42 Å². The second-order valence-electron chi connectivity index (χ2n) is 6.56. The molecule has 10 heteroatoms. The largest absolute Gasteiger partial charge is 0.493 e. The molecule has 0 aliphatic rings. The van der Waals surface area contributed by atoms with E-state index in [0.717, 1.165) is 9.87 Å². The lowest BCUT2D eigenvalue weighted by Gasteiger charge is -2.17. The maximum absolute atomic E-state index is 12.5. The molecule has 0 aromatic heterocycles. The molecular weight excluding hydrogens is 422 g/mol. The van der Waals surface area contributed by atoms with Crippen molar-refractivity contribution in [1.29, 1.82) is 0 Å². The van der Waals surface area contributed by atoms with Gasteiger partial charge in [-0.05, 0) is 42.8 Å². The number of benzene rings is 2. The number of likely N-dealkylation sites (N-methyl/N-ethyl adjacent to an activating group) is 1. The van der Waals surface area contributed by atoms with Gasteiger partial charge in [-0.15, -0.1) is 0 Å². The predicted molar refractivity (Wildman–Crippen MR) is 116 cm³/mol. The molecule has 0 fully saturated rings. The van der Waals surface area contributed by atoms with Crippen LogP contribution < -0.4 is 20.3 Å². The van der Waals surface area contributed by atoms with Gasteiger partial charge in [0.1, 0.15) is 0 Å². The molecule has 0 bridgehead atoms. The number of ether oxygens (including phenoxy) is 2. The maximum atomic E-state index is 12.5. The fourth-order valence-corrected chi connectivity index (χ4v) is 3.65. The van der Waals surface area contributed by atoms with Crippen molar-refractivity contribution in [3.63, 3.8) is 0 Å². The molecule has 0 aliphatic heterocycles. The highest BCUT2D eigenvalue weighted by Gasteiger charge is 2.22. The van der Waals surface area contributed by atoms with Crippen LogP contribution in [0.4, 0.5) is 0 Å². The van der Waals surface area contributed by atoms with Crippen LogP contribution in [0.25, 0.3) is 6.08 Å². The summed E-state index contributed by atoms with van der Waals surface area (Å²) in [6, 6.07) is 11.4. The van der Waals surface area contributed by atoms with Crippen LogP contribution in [-0.2, 0) is 19.6 Å². The van der Waals surface area contributed by atoms with E-state index in [4.69, 9.17) is 9.47 Å².